The van der Waals surface area contributed by atoms with Crippen LogP contribution in [0.2, 0.25) is 5.15 Å². The van der Waals surface area contributed by atoms with Crippen molar-refractivity contribution >= 4 is 17.6 Å². The van der Waals surface area contributed by atoms with Crippen LogP contribution in [-0.2, 0) is 24.3 Å². The number of esters is 1. The Morgan fingerprint density at radius 2 is 1.96 bits per heavy atom. The monoisotopic (exact) mass is 381 g/mol. The lowest BCUT2D eigenvalue weighted by Gasteiger charge is -2.09. The maximum absolute atomic E-state index is 12.8. The third-order valence-corrected chi connectivity index (χ3v) is 5.13. The van der Waals surface area contributed by atoms with E-state index in [9.17, 15) is 4.79 Å². The molecule has 2 aromatic heterocycles. The molecule has 1 aromatic carbocycles. The van der Waals surface area contributed by atoms with Gasteiger partial charge in [-0.05, 0) is 25.3 Å². The molecule has 27 heavy (non-hydrogen) atoms. The second kappa shape index (κ2) is 7.92. The van der Waals surface area contributed by atoms with Crippen molar-refractivity contribution in [3.63, 3.8) is 0 Å². The second-order valence-electron chi connectivity index (χ2n) is 6.59. The van der Waals surface area contributed by atoms with Gasteiger partial charge in [-0.3, -0.25) is 0 Å². The SMILES string of the molecule is O=C(OCc1cccnc1Cl)c1nc(-c2ccccc2)n2c1CCCCC2. The fourth-order valence-corrected chi connectivity index (χ4v) is 3.60. The lowest BCUT2D eigenvalue weighted by molar-refractivity contribution is 0.0464. The molecule has 0 bridgehead atoms. The van der Waals surface area contributed by atoms with E-state index in [1.54, 1.807) is 18.3 Å². The molecule has 1 aliphatic rings. The Hall–Kier alpha value is -2.66. The highest BCUT2D eigenvalue weighted by Gasteiger charge is 2.25. The van der Waals surface area contributed by atoms with E-state index in [0.29, 0.717) is 16.4 Å². The summed E-state index contributed by atoms with van der Waals surface area (Å²) in [6.07, 6.45) is 5.72. The minimum atomic E-state index is -0.414. The van der Waals surface area contributed by atoms with E-state index in [4.69, 9.17) is 16.3 Å². The van der Waals surface area contributed by atoms with Crippen molar-refractivity contribution in [3.05, 3.63) is 70.8 Å². The zero-order valence-electron chi connectivity index (χ0n) is 14.9. The van der Waals surface area contributed by atoms with Crippen LogP contribution >= 0.6 is 11.6 Å². The summed E-state index contributed by atoms with van der Waals surface area (Å²) in [7, 11) is 0. The molecule has 0 atom stereocenters. The van der Waals surface area contributed by atoms with Gasteiger partial charge in [0.05, 0.1) is 5.69 Å². The van der Waals surface area contributed by atoms with Gasteiger partial charge in [-0.15, -0.1) is 0 Å². The van der Waals surface area contributed by atoms with Crippen LogP contribution in [0.15, 0.2) is 48.7 Å². The lowest BCUT2D eigenvalue weighted by Crippen LogP contribution is -2.10. The topological polar surface area (TPSA) is 57.0 Å². The van der Waals surface area contributed by atoms with Crippen molar-refractivity contribution in [3.8, 4) is 11.4 Å². The van der Waals surface area contributed by atoms with Gasteiger partial charge in [-0.25, -0.2) is 14.8 Å². The van der Waals surface area contributed by atoms with Crippen LogP contribution in [-0.4, -0.2) is 20.5 Å². The van der Waals surface area contributed by atoms with Crippen molar-refractivity contribution in [2.45, 2.75) is 38.8 Å². The molecule has 138 valence electrons. The number of hydrogen-bond acceptors (Lipinski definition) is 4. The van der Waals surface area contributed by atoms with Gasteiger partial charge in [0.1, 0.15) is 17.6 Å². The summed E-state index contributed by atoms with van der Waals surface area (Å²) in [5.74, 6) is 0.418. The number of benzene rings is 1. The molecule has 0 fully saturated rings. The fourth-order valence-electron chi connectivity index (χ4n) is 3.43. The second-order valence-corrected chi connectivity index (χ2v) is 6.95. The van der Waals surface area contributed by atoms with Crippen LogP contribution in [0, 0.1) is 0 Å². The van der Waals surface area contributed by atoms with Gasteiger partial charge >= 0.3 is 5.97 Å². The van der Waals surface area contributed by atoms with Crippen LogP contribution in [0.1, 0.15) is 41.0 Å². The summed E-state index contributed by atoms with van der Waals surface area (Å²) in [4.78, 5) is 21.5. The first-order valence-electron chi connectivity index (χ1n) is 9.15. The minimum Gasteiger partial charge on any atom is -0.456 e. The van der Waals surface area contributed by atoms with Crippen LogP contribution in [0.5, 0.6) is 0 Å². The zero-order chi connectivity index (χ0) is 18.6. The molecule has 3 heterocycles. The van der Waals surface area contributed by atoms with E-state index < -0.39 is 5.97 Å². The molecule has 0 amide bonds. The standard InChI is InChI=1S/C21H20ClN3O2/c22-19-16(10-7-12-23-19)14-27-21(26)18-17-11-5-2-6-13-25(17)20(24-18)15-8-3-1-4-9-15/h1,3-4,7-10,12H,2,5-6,11,13-14H2. The zero-order valence-corrected chi connectivity index (χ0v) is 15.7. The molecule has 6 heteroatoms. The van der Waals surface area contributed by atoms with Crippen molar-refractivity contribution in [2.24, 2.45) is 0 Å². The Labute approximate surface area is 163 Å². The molecular formula is C21H20ClN3O2. The minimum absolute atomic E-state index is 0.0818. The molecule has 5 nitrogen and oxygen atoms in total. The van der Waals surface area contributed by atoms with Gasteiger partial charge < -0.3 is 9.30 Å². The summed E-state index contributed by atoms with van der Waals surface area (Å²) in [5, 5.41) is 0.346. The number of rotatable bonds is 4. The van der Waals surface area contributed by atoms with Gasteiger partial charge in [0.2, 0.25) is 0 Å². The Kier molecular flexibility index (Phi) is 5.21. The molecule has 0 aliphatic carbocycles. The summed E-state index contributed by atoms with van der Waals surface area (Å²) < 4.78 is 7.69. The Morgan fingerprint density at radius 3 is 2.78 bits per heavy atom. The first-order valence-corrected chi connectivity index (χ1v) is 9.53. The number of carbonyl (C=O) groups is 1. The quantitative estimate of drug-likeness (QED) is 0.486. The molecule has 0 spiro atoms. The fraction of sp³-hybridized carbons (Fsp3) is 0.286. The Morgan fingerprint density at radius 1 is 1.11 bits per heavy atom. The maximum Gasteiger partial charge on any atom is 0.359 e. The average molecular weight is 382 g/mol. The summed E-state index contributed by atoms with van der Waals surface area (Å²) in [6, 6.07) is 13.5. The highest BCUT2D eigenvalue weighted by molar-refractivity contribution is 6.30. The smallest absolute Gasteiger partial charge is 0.359 e. The number of nitrogens with zero attached hydrogens (tertiary/aromatic N) is 3. The van der Waals surface area contributed by atoms with Gasteiger partial charge in [-0.2, -0.15) is 0 Å². The highest BCUT2D eigenvalue weighted by Crippen LogP contribution is 2.27. The number of hydrogen-bond donors (Lipinski definition) is 0. The largest absolute Gasteiger partial charge is 0.456 e. The summed E-state index contributed by atoms with van der Waals surface area (Å²) in [6.45, 7) is 0.951. The number of halogens is 1. The van der Waals surface area contributed by atoms with E-state index in [1.807, 2.05) is 30.3 Å². The third kappa shape index (κ3) is 3.74. The predicted octanol–water partition coefficient (Wildman–Crippen LogP) is 4.68. The summed E-state index contributed by atoms with van der Waals surface area (Å²) in [5.41, 5.74) is 3.07. The number of fused-ring (bicyclic) bond motifs is 1. The lowest BCUT2D eigenvalue weighted by atomic mass is 10.1. The molecule has 0 saturated heterocycles. The average Bonchev–Trinajstić information content (AvgIpc) is 2.89. The first-order chi connectivity index (χ1) is 13.2. The van der Waals surface area contributed by atoms with E-state index in [2.05, 4.69) is 14.5 Å². The highest BCUT2D eigenvalue weighted by atomic mass is 35.5. The number of carbonyl (C=O) groups excluding carboxylic acids is 1. The van der Waals surface area contributed by atoms with E-state index >= 15 is 0 Å². The van der Waals surface area contributed by atoms with E-state index in [1.165, 1.54) is 0 Å². The molecule has 0 unspecified atom stereocenters. The third-order valence-electron chi connectivity index (χ3n) is 4.79. The molecule has 0 N–H and O–H groups in total. The first kappa shape index (κ1) is 17.7. The van der Waals surface area contributed by atoms with Crippen molar-refractivity contribution in [2.75, 3.05) is 0 Å². The number of ether oxygens (including phenoxy) is 1. The van der Waals surface area contributed by atoms with Gasteiger partial charge in [-0.1, -0.05) is 54.4 Å². The molecule has 3 aromatic rings. The number of imidazole rings is 1. The Balaban J connectivity index is 1.65. The maximum atomic E-state index is 12.8. The van der Waals surface area contributed by atoms with Crippen molar-refractivity contribution in [1.82, 2.24) is 14.5 Å². The predicted molar refractivity (Wildman–Crippen MR) is 104 cm³/mol. The van der Waals surface area contributed by atoms with Gasteiger partial charge in [0, 0.05) is 23.9 Å². The molecule has 1 aliphatic heterocycles. The van der Waals surface area contributed by atoms with E-state index in [-0.39, 0.29) is 6.61 Å². The number of aromatic nitrogens is 3. The molecular weight excluding hydrogens is 362 g/mol. The van der Waals surface area contributed by atoms with Crippen molar-refractivity contribution in [1.29, 1.82) is 0 Å². The van der Waals surface area contributed by atoms with Crippen LogP contribution in [0.3, 0.4) is 0 Å². The van der Waals surface area contributed by atoms with Crippen molar-refractivity contribution < 1.29 is 9.53 Å². The van der Waals surface area contributed by atoms with E-state index in [0.717, 1.165) is 49.3 Å². The molecule has 4 rings (SSSR count). The van der Waals surface area contributed by atoms with Crippen LogP contribution < -0.4 is 0 Å². The van der Waals surface area contributed by atoms with Gasteiger partial charge in [0.15, 0.2) is 5.69 Å². The Bertz CT molecular complexity index is 953. The van der Waals surface area contributed by atoms with Crippen LogP contribution in [0.25, 0.3) is 11.4 Å². The molecule has 0 saturated carbocycles. The normalized spacial score (nSPS) is 13.7. The number of pyridine rings is 1. The summed E-state index contributed by atoms with van der Waals surface area (Å²) >= 11 is 6.05. The van der Waals surface area contributed by atoms with Crippen LogP contribution in [0.4, 0.5) is 0 Å². The van der Waals surface area contributed by atoms with Gasteiger partial charge in [0.25, 0.3) is 0 Å². The molecule has 0 radical (unpaired) electrons.